The topological polar surface area (TPSA) is 86.3 Å². The molecule has 0 unspecified atom stereocenters. The van der Waals surface area contributed by atoms with Gasteiger partial charge in [0.25, 0.3) is 0 Å². The Labute approximate surface area is 187 Å². The average molecular weight is 435 g/mol. The molecule has 32 heavy (non-hydrogen) atoms. The summed E-state index contributed by atoms with van der Waals surface area (Å²) in [5.74, 6) is 1.28. The largest absolute Gasteiger partial charge is 0.361 e. The Morgan fingerprint density at radius 3 is 2.69 bits per heavy atom. The molecule has 1 saturated heterocycles. The molecule has 0 spiro atoms. The van der Waals surface area contributed by atoms with Crippen LogP contribution in [-0.2, 0) is 30.6 Å². The minimum atomic E-state index is -0.0577. The van der Waals surface area contributed by atoms with Crippen molar-refractivity contribution in [1.82, 2.24) is 29.7 Å². The molecule has 2 aliphatic rings. The van der Waals surface area contributed by atoms with Crippen molar-refractivity contribution in [3.05, 3.63) is 53.7 Å². The Morgan fingerprint density at radius 2 is 1.84 bits per heavy atom. The molecule has 0 aliphatic carbocycles. The molecule has 8 nitrogen and oxygen atoms in total. The van der Waals surface area contributed by atoms with Gasteiger partial charge in [-0.25, -0.2) is 9.78 Å². The molecule has 0 radical (unpaired) electrons. The number of para-hydroxylation sites is 1. The monoisotopic (exact) mass is 434 g/mol. The molecule has 0 atom stereocenters. The maximum atomic E-state index is 12.8. The average Bonchev–Trinajstić information content (AvgIpc) is 3.43. The number of rotatable bonds is 5. The second-order valence-electron chi connectivity index (χ2n) is 8.69. The summed E-state index contributed by atoms with van der Waals surface area (Å²) in [5.41, 5.74) is 3.12. The number of imidazole rings is 1. The number of urea groups is 1. The van der Waals surface area contributed by atoms with Crippen molar-refractivity contribution in [3.63, 3.8) is 0 Å². The zero-order valence-corrected chi connectivity index (χ0v) is 18.3. The molecular weight excluding hydrogens is 404 g/mol. The van der Waals surface area contributed by atoms with Gasteiger partial charge in [0.15, 0.2) is 0 Å². The number of aromatic nitrogens is 3. The number of carbonyl (C=O) groups is 2. The summed E-state index contributed by atoms with van der Waals surface area (Å²) < 4.78 is 2.24. The Kier molecular flexibility index (Phi) is 5.83. The van der Waals surface area contributed by atoms with Crippen molar-refractivity contribution >= 4 is 22.8 Å². The van der Waals surface area contributed by atoms with Gasteiger partial charge in [0.05, 0.1) is 12.1 Å². The lowest BCUT2D eigenvalue weighted by atomic mass is 10.1. The predicted molar refractivity (Wildman–Crippen MR) is 122 cm³/mol. The zero-order chi connectivity index (χ0) is 21.9. The number of benzene rings is 1. The van der Waals surface area contributed by atoms with Crippen LogP contribution in [0.3, 0.4) is 0 Å². The molecule has 3 aromatic rings. The van der Waals surface area contributed by atoms with Gasteiger partial charge in [-0.05, 0) is 24.5 Å². The normalized spacial score (nSPS) is 16.2. The third kappa shape index (κ3) is 4.35. The van der Waals surface area contributed by atoms with Gasteiger partial charge in [0.1, 0.15) is 5.82 Å². The van der Waals surface area contributed by atoms with Gasteiger partial charge in [-0.3, -0.25) is 4.79 Å². The number of H-pyrrole nitrogens is 1. The van der Waals surface area contributed by atoms with E-state index in [-0.39, 0.29) is 11.9 Å². The molecule has 4 heterocycles. The first-order valence-electron chi connectivity index (χ1n) is 11.6. The second-order valence-corrected chi connectivity index (χ2v) is 8.69. The van der Waals surface area contributed by atoms with Crippen LogP contribution in [0.25, 0.3) is 10.9 Å². The van der Waals surface area contributed by atoms with Crippen LogP contribution in [0.4, 0.5) is 4.79 Å². The van der Waals surface area contributed by atoms with E-state index in [0.29, 0.717) is 39.1 Å². The van der Waals surface area contributed by atoms with Gasteiger partial charge >= 0.3 is 6.03 Å². The Balaban J connectivity index is 1.07. The van der Waals surface area contributed by atoms with Crippen molar-refractivity contribution in [1.29, 1.82) is 0 Å². The molecule has 2 aromatic heterocycles. The zero-order valence-electron chi connectivity index (χ0n) is 18.3. The molecule has 3 amide bonds. The van der Waals surface area contributed by atoms with Gasteiger partial charge in [-0.2, -0.15) is 0 Å². The van der Waals surface area contributed by atoms with Crippen LogP contribution >= 0.6 is 0 Å². The van der Waals surface area contributed by atoms with Crippen molar-refractivity contribution in [2.75, 3.05) is 32.7 Å². The SMILES string of the molecule is O=C(Cc1c[nH]c2ccccc12)N1CCN(C(=O)NCCc2cn3c(n2)CCCC3)CC1. The number of piperazine rings is 1. The first kappa shape index (κ1) is 20.6. The van der Waals surface area contributed by atoms with E-state index in [0.717, 1.165) is 41.5 Å². The first-order valence-corrected chi connectivity index (χ1v) is 11.6. The quantitative estimate of drug-likeness (QED) is 0.646. The standard InChI is InChI=1S/C24H30N6O2/c31-23(15-18-16-26-21-6-2-1-5-20(18)21)28-11-13-29(14-12-28)24(32)25-9-8-19-17-30-10-4-3-7-22(30)27-19/h1-2,5-6,16-17,26H,3-4,7-15H2,(H,25,32). The lowest BCUT2D eigenvalue weighted by molar-refractivity contribution is -0.131. The fourth-order valence-electron chi connectivity index (χ4n) is 4.71. The van der Waals surface area contributed by atoms with Gasteiger partial charge in [0.2, 0.25) is 5.91 Å². The summed E-state index contributed by atoms with van der Waals surface area (Å²) >= 11 is 0. The summed E-state index contributed by atoms with van der Waals surface area (Å²) in [6.45, 7) is 3.90. The van der Waals surface area contributed by atoms with E-state index in [2.05, 4.69) is 21.1 Å². The highest BCUT2D eigenvalue weighted by atomic mass is 16.2. The van der Waals surface area contributed by atoms with Crippen LogP contribution in [0.2, 0.25) is 0 Å². The van der Waals surface area contributed by atoms with Crippen LogP contribution < -0.4 is 5.32 Å². The van der Waals surface area contributed by atoms with Gasteiger partial charge in [0, 0.05) is 75.4 Å². The molecule has 0 saturated carbocycles. The molecule has 1 fully saturated rings. The van der Waals surface area contributed by atoms with Crippen LogP contribution in [0.1, 0.15) is 29.9 Å². The lowest BCUT2D eigenvalue weighted by Gasteiger charge is -2.34. The fourth-order valence-corrected chi connectivity index (χ4v) is 4.71. The van der Waals surface area contributed by atoms with E-state index in [4.69, 9.17) is 4.98 Å². The Morgan fingerprint density at radius 1 is 1.03 bits per heavy atom. The number of nitrogens with one attached hydrogen (secondary N) is 2. The van der Waals surface area contributed by atoms with E-state index in [1.54, 1.807) is 4.90 Å². The molecule has 2 aliphatic heterocycles. The summed E-state index contributed by atoms with van der Waals surface area (Å²) in [6, 6.07) is 7.97. The highest BCUT2D eigenvalue weighted by molar-refractivity contribution is 5.89. The third-order valence-corrected chi connectivity index (χ3v) is 6.55. The Bertz CT molecular complexity index is 1090. The number of hydrogen-bond acceptors (Lipinski definition) is 3. The molecular formula is C24H30N6O2. The molecule has 0 bridgehead atoms. The first-order chi connectivity index (χ1) is 15.7. The van der Waals surface area contributed by atoms with Crippen LogP contribution in [0.15, 0.2) is 36.7 Å². The third-order valence-electron chi connectivity index (χ3n) is 6.55. The van der Waals surface area contributed by atoms with Crippen molar-refractivity contribution < 1.29 is 9.59 Å². The Hall–Kier alpha value is -3.29. The van der Waals surface area contributed by atoms with Gasteiger partial charge in [-0.1, -0.05) is 18.2 Å². The van der Waals surface area contributed by atoms with Gasteiger partial charge < -0.3 is 24.7 Å². The summed E-state index contributed by atoms with van der Waals surface area (Å²) in [4.78, 5) is 36.9. The number of carbonyl (C=O) groups excluding carboxylic acids is 2. The minimum Gasteiger partial charge on any atom is -0.361 e. The number of hydrogen-bond donors (Lipinski definition) is 2. The molecule has 8 heteroatoms. The number of amides is 3. The predicted octanol–water partition coefficient (Wildman–Crippen LogP) is 2.34. The number of nitrogens with zero attached hydrogens (tertiary/aromatic N) is 4. The molecule has 1 aromatic carbocycles. The summed E-state index contributed by atoms with van der Waals surface area (Å²) in [6.07, 6.45) is 8.65. The number of aromatic amines is 1. The molecule has 2 N–H and O–H groups in total. The van der Waals surface area contributed by atoms with E-state index in [1.807, 2.05) is 35.4 Å². The van der Waals surface area contributed by atoms with Gasteiger partial charge in [-0.15, -0.1) is 0 Å². The molecule has 5 rings (SSSR count). The van der Waals surface area contributed by atoms with Crippen LogP contribution in [0, 0.1) is 0 Å². The lowest BCUT2D eigenvalue weighted by Crippen LogP contribution is -2.53. The van der Waals surface area contributed by atoms with Crippen molar-refractivity contribution in [2.24, 2.45) is 0 Å². The minimum absolute atomic E-state index is 0.0577. The number of fused-ring (bicyclic) bond motifs is 2. The van der Waals surface area contributed by atoms with Crippen LogP contribution in [-0.4, -0.2) is 69.0 Å². The maximum Gasteiger partial charge on any atom is 0.317 e. The summed E-state index contributed by atoms with van der Waals surface area (Å²) in [7, 11) is 0. The van der Waals surface area contributed by atoms with E-state index >= 15 is 0 Å². The van der Waals surface area contributed by atoms with E-state index < -0.39 is 0 Å². The fraction of sp³-hybridized carbons (Fsp3) is 0.458. The van der Waals surface area contributed by atoms with E-state index in [1.165, 1.54) is 18.7 Å². The number of aryl methyl sites for hydroxylation is 2. The summed E-state index contributed by atoms with van der Waals surface area (Å²) in [5, 5.41) is 4.11. The smallest absolute Gasteiger partial charge is 0.317 e. The second kappa shape index (κ2) is 9.06. The molecule has 168 valence electrons. The highest BCUT2D eigenvalue weighted by Gasteiger charge is 2.24. The highest BCUT2D eigenvalue weighted by Crippen LogP contribution is 2.19. The van der Waals surface area contributed by atoms with Crippen molar-refractivity contribution in [3.8, 4) is 0 Å². The maximum absolute atomic E-state index is 12.8. The van der Waals surface area contributed by atoms with E-state index in [9.17, 15) is 9.59 Å². The van der Waals surface area contributed by atoms with Crippen LogP contribution in [0.5, 0.6) is 0 Å². The van der Waals surface area contributed by atoms with Crippen molar-refractivity contribution in [2.45, 2.75) is 38.6 Å².